The molecular formula is C15H10ClFINO3. The van der Waals surface area contributed by atoms with Gasteiger partial charge in [-0.05, 0) is 40.8 Å². The van der Waals surface area contributed by atoms with Crippen LogP contribution in [0.25, 0.3) is 0 Å². The van der Waals surface area contributed by atoms with E-state index in [4.69, 9.17) is 21.1 Å². The van der Waals surface area contributed by atoms with Gasteiger partial charge in [-0.2, -0.15) is 0 Å². The van der Waals surface area contributed by atoms with Crippen molar-refractivity contribution in [2.24, 2.45) is 0 Å². The second kappa shape index (κ2) is 6.29. The third kappa shape index (κ3) is 3.12. The quantitative estimate of drug-likeness (QED) is 0.725. The molecule has 0 spiro atoms. The van der Waals surface area contributed by atoms with Crippen molar-refractivity contribution in [3.63, 3.8) is 0 Å². The van der Waals surface area contributed by atoms with E-state index in [1.54, 1.807) is 12.1 Å². The summed E-state index contributed by atoms with van der Waals surface area (Å²) >= 11 is 8.05. The molecule has 0 atom stereocenters. The number of hydrogen-bond donors (Lipinski definition) is 1. The highest BCUT2D eigenvalue weighted by molar-refractivity contribution is 14.1. The van der Waals surface area contributed by atoms with Crippen LogP contribution in [-0.2, 0) is 0 Å². The van der Waals surface area contributed by atoms with Crippen LogP contribution in [0.1, 0.15) is 10.4 Å². The van der Waals surface area contributed by atoms with E-state index in [0.29, 0.717) is 44.6 Å². The molecule has 0 bridgehead atoms. The summed E-state index contributed by atoms with van der Waals surface area (Å²) in [5, 5.41) is 3.05. The van der Waals surface area contributed by atoms with Crippen molar-refractivity contribution in [1.82, 2.24) is 0 Å². The Morgan fingerprint density at radius 3 is 2.55 bits per heavy atom. The van der Waals surface area contributed by atoms with Crippen LogP contribution < -0.4 is 14.8 Å². The number of benzene rings is 2. The SMILES string of the molecule is O=C(Nc1cc2c(cc1Cl)OCCO2)c1ccc(F)cc1I. The largest absolute Gasteiger partial charge is 0.486 e. The average Bonchev–Trinajstić information content (AvgIpc) is 2.47. The average molecular weight is 434 g/mol. The highest BCUT2D eigenvalue weighted by atomic mass is 127. The van der Waals surface area contributed by atoms with Crippen LogP contribution in [0.15, 0.2) is 30.3 Å². The Hall–Kier alpha value is -1.54. The molecule has 0 aromatic heterocycles. The van der Waals surface area contributed by atoms with Gasteiger partial charge in [-0.25, -0.2) is 4.39 Å². The number of nitrogens with one attached hydrogen (secondary N) is 1. The van der Waals surface area contributed by atoms with Crippen LogP contribution in [-0.4, -0.2) is 19.1 Å². The number of anilines is 1. The van der Waals surface area contributed by atoms with E-state index < -0.39 is 5.82 Å². The third-order valence-electron chi connectivity index (χ3n) is 3.06. The Kier molecular flexibility index (Phi) is 4.39. The molecule has 0 unspecified atom stereocenters. The number of carbonyl (C=O) groups is 1. The van der Waals surface area contributed by atoms with E-state index in [1.165, 1.54) is 18.2 Å². The number of amides is 1. The molecule has 0 radical (unpaired) electrons. The van der Waals surface area contributed by atoms with Crippen LogP contribution in [0.5, 0.6) is 11.5 Å². The Bertz CT molecular complexity index is 754. The second-order valence-electron chi connectivity index (χ2n) is 4.55. The smallest absolute Gasteiger partial charge is 0.256 e. The number of hydrogen-bond acceptors (Lipinski definition) is 3. The molecule has 7 heteroatoms. The highest BCUT2D eigenvalue weighted by Gasteiger charge is 2.18. The van der Waals surface area contributed by atoms with E-state index in [1.807, 2.05) is 22.6 Å². The normalized spacial score (nSPS) is 12.9. The molecular weight excluding hydrogens is 424 g/mol. The first-order valence-electron chi connectivity index (χ1n) is 6.40. The number of rotatable bonds is 2. The lowest BCUT2D eigenvalue weighted by Crippen LogP contribution is -2.17. The fraction of sp³-hybridized carbons (Fsp3) is 0.133. The van der Waals surface area contributed by atoms with E-state index >= 15 is 0 Å². The fourth-order valence-corrected chi connectivity index (χ4v) is 2.95. The van der Waals surface area contributed by atoms with Crippen molar-refractivity contribution in [1.29, 1.82) is 0 Å². The summed E-state index contributed by atoms with van der Waals surface area (Å²) < 4.78 is 24.5. The maximum Gasteiger partial charge on any atom is 0.256 e. The number of fused-ring (bicyclic) bond motifs is 1. The zero-order valence-electron chi connectivity index (χ0n) is 11.2. The maximum atomic E-state index is 13.1. The number of halogens is 3. The zero-order valence-corrected chi connectivity index (χ0v) is 14.1. The highest BCUT2D eigenvalue weighted by Crippen LogP contribution is 2.38. The van der Waals surface area contributed by atoms with Gasteiger partial charge in [-0.15, -0.1) is 0 Å². The van der Waals surface area contributed by atoms with Gasteiger partial charge < -0.3 is 14.8 Å². The van der Waals surface area contributed by atoms with E-state index in [9.17, 15) is 9.18 Å². The van der Waals surface area contributed by atoms with E-state index in [0.717, 1.165) is 0 Å². The van der Waals surface area contributed by atoms with Crippen molar-refractivity contribution < 1.29 is 18.7 Å². The molecule has 22 heavy (non-hydrogen) atoms. The molecule has 0 saturated heterocycles. The predicted molar refractivity (Wildman–Crippen MR) is 89.5 cm³/mol. The van der Waals surface area contributed by atoms with Gasteiger partial charge in [-0.1, -0.05) is 11.6 Å². The molecule has 0 fully saturated rings. The minimum absolute atomic E-state index is 0.342. The summed E-state index contributed by atoms with van der Waals surface area (Å²) in [4.78, 5) is 12.3. The van der Waals surface area contributed by atoms with Crippen LogP contribution in [0.4, 0.5) is 10.1 Å². The molecule has 1 amide bonds. The molecule has 4 nitrogen and oxygen atoms in total. The number of ether oxygens (including phenoxy) is 2. The maximum absolute atomic E-state index is 13.1. The molecule has 1 aliphatic rings. The van der Waals surface area contributed by atoms with Gasteiger partial charge in [0.1, 0.15) is 19.0 Å². The van der Waals surface area contributed by atoms with Crippen LogP contribution in [0.2, 0.25) is 5.02 Å². The van der Waals surface area contributed by atoms with E-state index in [2.05, 4.69) is 5.32 Å². The van der Waals surface area contributed by atoms with Crippen LogP contribution in [0.3, 0.4) is 0 Å². The van der Waals surface area contributed by atoms with Crippen molar-refractivity contribution >= 4 is 45.8 Å². The van der Waals surface area contributed by atoms with Crippen molar-refractivity contribution in [3.05, 3.63) is 50.3 Å². The molecule has 2 aromatic carbocycles. The van der Waals surface area contributed by atoms with Gasteiger partial charge in [0, 0.05) is 15.7 Å². The molecule has 114 valence electrons. The van der Waals surface area contributed by atoms with Gasteiger partial charge in [0.15, 0.2) is 11.5 Å². The topological polar surface area (TPSA) is 47.6 Å². The summed E-state index contributed by atoms with van der Waals surface area (Å²) in [6.07, 6.45) is 0. The summed E-state index contributed by atoms with van der Waals surface area (Å²) in [5.41, 5.74) is 0.781. The van der Waals surface area contributed by atoms with Gasteiger partial charge in [0.05, 0.1) is 16.3 Å². The minimum atomic E-state index is -0.390. The van der Waals surface area contributed by atoms with Gasteiger partial charge in [0.2, 0.25) is 0 Å². The van der Waals surface area contributed by atoms with Crippen LogP contribution >= 0.6 is 34.2 Å². The minimum Gasteiger partial charge on any atom is -0.486 e. The third-order valence-corrected chi connectivity index (χ3v) is 4.26. The molecule has 0 saturated carbocycles. The Labute approximate surface area is 144 Å². The van der Waals surface area contributed by atoms with Crippen molar-refractivity contribution in [3.8, 4) is 11.5 Å². The molecule has 1 aliphatic heterocycles. The van der Waals surface area contributed by atoms with Crippen molar-refractivity contribution in [2.75, 3.05) is 18.5 Å². The summed E-state index contributed by atoms with van der Waals surface area (Å²) in [6, 6.07) is 7.17. The van der Waals surface area contributed by atoms with Crippen LogP contribution in [0, 0.1) is 9.39 Å². The first-order valence-corrected chi connectivity index (χ1v) is 7.86. The predicted octanol–water partition coefficient (Wildman–Crippen LogP) is 4.11. The molecule has 1 N–H and O–H groups in total. The Morgan fingerprint density at radius 1 is 1.18 bits per heavy atom. The lowest BCUT2D eigenvalue weighted by Gasteiger charge is -2.20. The zero-order chi connectivity index (χ0) is 15.7. The standard InChI is InChI=1S/C15H10ClFINO3/c16-10-6-13-14(22-4-3-21-13)7-12(10)19-15(20)9-2-1-8(17)5-11(9)18/h1-2,5-7H,3-4H2,(H,19,20). The van der Waals surface area contributed by atoms with Crippen molar-refractivity contribution in [2.45, 2.75) is 0 Å². The first-order chi connectivity index (χ1) is 10.5. The van der Waals surface area contributed by atoms with Gasteiger partial charge >= 0.3 is 0 Å². The summed E-state index contributed by atoms with van der Waals surface area (Å²) in [6.45, 7) is 0.903. The Morgan fingerprint density at radius 2 is 1.86 bits per heavy atom. The van der Waals surface area contributed by atoms with Gasteiger partial charge in [-0.3, -0.25) is 4.79 Å². The summed E-state index contributed by atoms with van der Waals surface area (Å²) in [5.74, 6) is 0.312. The molecule has 1 heterocycles. The lowest BCUT2D eigenvalue weighted by atomic mass is 10.2. The lowest BCUT2D eigenvalue weighted by molar-refractivity contribution is 0.102. The van der Waals surface area contributed by atoms with E-state index in [-0.39, 0.29) is 5.91 Å². The summed E-state index contributed by atoms with van der Waals surface area (Å²) in [7, 11) is 0. The molecule has 0 aliphatic carbocycles. The second-order valence-corrected chi connectivity index (χ2v) is 6.12. The van der Waals surface area contributed by atoms with Gasteiger partial charge in [0.25, 0.3) is 5.91 Å². The molecule has 2 aromatic rings. The fourth-order valence-electron chi connectivity index (χ4n) is 2.02. The Balaban J connectivity index is 1.87. The monoisotopic (exact) mass is 433 g/mol. The first kappa shape index (κ1) is 15.4. The number of carbonyl (C=O) groups excluding carboxylic acids is 1. The molecule has 3 rings (SSSR count).